The molecule has 0 spiro atoms. The number of rotatable bonds is 6. The summed E-state index contributed by atoms with van der Waals surface area (Å²) in [5.41, 5.74) is 3.94. The van der Waals surface area contributed by atoms with Gasteiger partial charge in [0.05, 0.1) is 35.7 Å². The van der Waals surface area contributed by atoms with Crippen LogP contribution in [0.25, 0.3) is 23.0 Å². The highest BCUT2D eigenvalue weighted by molar-refractivity contribution is 7.10. The molecule has 1 atom stereocenters. The van der Waals surface area contributed by atoms with Crippen LogP contribution in [-0.4, -0.2) is 34.5 Å². The molecule has 8 nitrogen and oxygen atoms in total. The monoisotopic (exact) mass is 568 g/mol. The van der Waals surface area contributed by atoms with E-state index in [-0.39, 0.29) is 5.56 Å². The lowest BCUT2D eigenvalue weighted by atomic mass is 10.0. The molecule has 0 amide bonds. The Balaban J connectivity index is 1.55. The number of benzene rings is 2. The number of para-hydroxylation sites is 1. The van der Waals surface area contributed by atoms with Gasteiger partial charge < -0.3 is 9.47 Å². The van der Waals surface area contributed by atoms with Crippen molar-refractivity contribution in [1.29, 1.82) is 0 Å². The Hall–Kier alpha value is -4.54. The maximum absolute atomic E-state index is 14.0. The topological polar surface area (TPSA) is 87.7 Å². The van der Waals surface area contributed by atoms with Gasteiger partial charge in [-0.25, -0.2) is 14.5 Å². The van der Waals surface area contributed by atoms with Crippen LogP contribution in [0, 0.1) is 0 Å². The summed E-state index contributed by atoms with van der Waals surface area (Å²) in [6, 6.07) is 20.7. The number of thiazole rings is 1. The van der Waals surface area contributed by atoms with Crippen molar-refractivity contribution in [3.63, 3.8) is 0 Å². The number of aromatic nitrogens is 3. The summed E-state index contributed by atoms with van der Waals surface area (Å²) in [5.74, 6) is 0.242. The fourth-order valence-corrected chi connectivity index (χ4v) is 6.59. The van der Waals surface area contributed by atoms with Crippen molar-refractivity contribution in [3.8, 4) is 22.7 Å². The van der Waals surface area contributed by atoms with Crippen LogP contribution < -0.4 is 19.6 Å². The Kier molecular flexibility index (Phi) is 6.79. The molecule has 0 aliphatic carbocycles. The van der Waals surface area contributed by atoms with Gasteiger partial charge in [-0.15, -0.1) is 11.3 Å². The molecule has 0 N–H and O–H groups in total. The van der Waals surface area contributed by atoms with E-state index >= 15 is 0 Å². The van der Waals surface area contributed by atoms with Crippen LogP contribution in [0.4, 0.5) is 0 Å². The number of carbonyl (C=O) groups excluding carboxylic acids is 1. The molecule has 10 heteroatoms. The van der Waals surface area contributed by atoms with Crippen molar-refractivity contribution in [2.24, 2.45) is 4.99 Å². The Labute approximate surface area is 237 Å². The Bertz CT molecular complexity index is 1920. The van der Waals surface area contributed by atoms with Gasteiger partial charge in [0.25, 0.3) is 5.56 Å². The molecule has 2 aromatic carbocycles. The predicted octanol–water partition coefficient (Wildman–Crippen LogP) is 4.33. The molecule has 0 saturated heterocycles. The number of nitrogens with zero attached hydrogens (tertiary/aromatic N) is 4. The first-order valence-electron chi connectivity index (χ1n) is 12.4. The zero-order valence-corrected chi connectivity index (χ0v) is 23.5. The van der Waals surface area contributed by atoms with Crippen molar-refractivity contribution < 1.29 is 14.3 Å². The Morgan fingerprint density at radius 2 is 1.80 bits per heavy atom. The lowest BCUT2D eigenvalue weighted by Gasteiger charge is -2.22. The van der Waals surface area contributed by atoms with Gasteiger partial charge in [0.1, 0.15) is 17.5 Å². The lowest BCUT2D eigenvalue weighted by Crippen LogP contribution is -2.39. The molecular formula is C30H24N4O4S2. The first-order valence-corrected chi connectivity index (χ1v) is 14.1. The number of fused-ring (bicyclic) bond motifs is 1. The third-order valence-electron chi connectivity index (χ3n) is 6.65. The molecule has 1 aliphatic rings. The average Bonchev–Trinajstić information content (AvgIpc) is 3.73. The second kappa shape index (κ2) is 10.6. The van der Waals surface area contributed by atoms with Crippen LogP contribution >= 0.6 is 22.7 Å². The maximum Gasteiger partial charge on any atom is 0.338 e. The minimum atomic E-state index is -0.612. The lowest BCUT2D eigenvalue weighted by molar-refractivity contribution is -0.136. The highest BCUT2D eigenvalue weighted by atomic mass is 32.1. The fraction of sp³-hybridized carbons (Fsp3) is 0.133. The molecule has 40 heavy (non-hydrogen) atoms. The van der Waals surface area contributed by atoms with Crippen molar-refractivity contribution in [1.82, 2.24) is 14.3 Å². The zero-order chi connectivity index (χ0) is 27.8. The predicted molar refractivity (Wildman–Crippen MR) is 156 cm³/mol. The molecule has 200 valence electrons. The van der Waals surface area contributed by atoms with Crippen LogP contribution in [0.5, 0.6) is 5.75 Å². The van der Waals surface area contributed by atoms with E-state index < -0.39 is 12.0 Å². The normalized spacial score (nSPS) is 15.1. The Morgan fingerprint density at radius 1 is 1.02 bits per heavy atom. The molecule has 0 saturated carbocycles. The first kappa shape index (κ1) is 25.7. The minimum absolute atomic E-state index is 0.232. The van der Waals surface area contributed by atoms with E-state index in [1.165, 1.54) is 29.8 Å². The van der Waals surface area contributed by atoms with Gasteiger partial charge in [-0.2, -0.15) is 5.10 Å². The molecule has 6 rings (SSSR count). The van der Waals surface area contributed by atoms with E-state index in [0.717, 1.165) is 33.1 Å². The van der Waals surface area contributed by atoms with Crippen molar-refractivity contribution in [2.45, 2.75) is 13.0 Å². The van der Waals surface area contributed by atoms with Crippen molar-refractivity contribution in [2.75, 3.05) is 14.2 Å². The highest BCUT2D eigenvalue weighted by Crippen LogP contribution is 2.33. The number of carbonyl (C=O) groups is 1. The van der Waals surface area contributed by atoms with E-state index in [2.05, 4.69) is 4.99 Å². The summed E-state index contributed by atoms with van der Waals surface area (Å²) in [6.07, 6.45) is 3.76. The fourth-order valence-electron chi connectivity index (χ4n) is 4.73. The number of ether oxygens (including phenoxy) is 2. The van der Waals surface area contributed by atoms with Crippen LogP contribution in [-0.2, 0) is 9.53 Å². The van der Waals surface area contributed by atoms with Gasteiger partial charge in [0, 0.05) is 22.2 Å². The first-order chi connectivity index (χ1) is 19.5. The van der Waals surface area contributed by atoms with Crippen LogP contribution in [0.3, 0.4) is 0 Å². The average molecular weight is 569 g/mol. The third kappa shape index (κ3) is 4.51. The summed E-state index contributed by atoms with van der Waals surface area (Å²) in [5, 5.41) is 6.80. The number of methoxy groups -OCH3 is 2. The number of allylic oxidation sites excluding steroid dienone is 1. The SMILES string of the molecule is COC(=O)C1=C(C)N=c2s/c(=C/c3cn(-c4ccccc4)nc3-c3ccc(OC)cc3)c(=O)n2[C@@H]1c1cccs1. The molecule has 0 fully saturated rings. The molecule has 4 heterocycles. The standard InChI is InChI=1S/C30H24N4O4S2/c1-18-25(29(36)38-3)27(23-10-7-15-39-23)34-28(35)24(40-30(34)31-18)16-20-17-33(21-8-5-4-6-9-21)32-26(20)19-11-13-22(37-2)14-12-19/h4-17,27H,1-3H3/b24-16+/t27-/m1/s1. The summed E-state index contributed by atoms with van der Waals surface area (Å²) in [7, 11) is 2.96. The summed E-state index contributed by atoms with van der Waals surface area (Å²) >= 11 is 2.77. The molecule has 1 aliphatic heterocycles. The smallest absolute Gasteiger partial charge is 0.338 e. The molecule has 0 unspecified atom stereocenters. The maximum atomic E-state index is 14.0. The van der Waals surface area contributed by atoms with E-state index in [9.17, 15) is 9.59 Å². The van der Waals surface area contributed by atoms with Gasteiger partial charge in [-0.05, 0) is 60.8 Å². The molecule has 5 aromatic rings. The molecule has 0 bridgehead atoms. The van der Waals surface area contributed by atoms with E-state index in [1.54, 1.807) is 23.3 Å². The minimum Gasteiger partial charge on any atom is -0.497 e. The van der Waals surface area contributed by atoms with Crippen molar-refractivity contribution >= 4 is 34.7 Å². The van der Waals surface area contributed by atoms with Gasteiger partial charge in [-0.1, -0.05) is 35.6 Å². The van der Waals surface area contributed by atoms with Gasteiger partial charge in [0.2, 0.25) is 0 Å². The quantitative estimate of drug-likeness (QED) is 0.285. The number of thiophene rings is 1. The highest BCUT2D eigenvalue weighted by Gasteiger charge is 2.33. The van der Waals surface area contributed by atoms with Crippen LogP contribution in [0.2, 0.25) is 0 Å². The second-order valence-corrected chi connectivity index (χ2v) is 11.0. The molecule has 0 radical (unpaired) electrons. The van der Waals surface area contributed by atoms with Gasteiger partial charge >= 0.3 is 5.97 Å². The van der Waals surface area contributed by atoms with E-state index in [1.807, 2.05) is 84.4 Å². The summed E-state index contributed by atoms with van der Waals surface area (Å²) < 4.78 is 14.3. The third-order valence-corrected chi connectivity index (χ3v) is 8.56. The van der Waals surface area contributed by atoms with E-state index in [4.69, 9.17) is 14.6 Å². The largest absolute Gasteiger partial charge is 0.497 e. The molecule has 3 aromatic heterocycles. The van der Waals surface area contributed by atoms with Gasteiger partial charge in [0.15, 0.2) is 4.80 Å². The second-order valence-electron chi connectivity index (χ2n) is 9.03. The van der Waals surface area contributed by atoms with Crippen molar-refractivity contribution in [3.05, 3.63) is 120 Å². The summed E-state index contributed by atoms with van der Waals surface area (Å²) in [4.78, 5) is 32.8. The number of esters is 1. The Morgan fingerprint density at radius 3 is 2.48 bits per heavy atom. The van der Waals surface area contributed by atoms with Gasteiger partial charge in [-0.3, -0.25) is 9.36 Å². The van der Waals surface area contributed by atoms with Crippen LogP contribution in [0.1, 0.15) is 23.4 Å². The number of hydrogen-bond donors (Lipinski definition) is 0. The molecular weight excluding hydrogens is 544 g/mol. The number of hydrogen-bond acceptors (Lipinski definition) is 8. The summed E-state index contributed by atoms with van der Waals surface area (Å²) in [6.45, 7) is 1.77. The zero-order valence-electron chi connectivity index (χ0n) is 21.9. The van der Waals surface area contributed by atoms with Crippen LogP contribution in [0.15, 0.2) is 99.4 Å². The van der Waals surface area contributed by atoms with E-state index in [0.29, 0.717) is 20.6 Å².